The fourth-order valence-corrected chi connectivity index (χ4v) is 4.59. The maximum absolute atomic E-state index is 14.0. The Balaban J connectivity index is 1.34. The number of likely N-dealkylation sites (N-methyl/N-ethyl adjacent to an activating group) is 1. The number of carbonyl (C=O) groups excluding carboxylic acids is 2. The van der Waals surface area contributed by atoms with Gasteiger partial charge in [0.1, 0.15) is 17.2 Å². The van der Waals surface area contributed by atoms with Crippen LogP contribution in [0.4, 0.5) is 19.0 Å². The highest BCUT2D eigenvalue weighted by atomic mass is 19.4. The summed E-state index contributed by atoms with van der Waals surface area (Å²) in [5.74, 6) is -0.0271. The number of aromatic nitrogens is 1. The number of nitrogen functional groups attached to an aromatic ring is 1. The van der Waals surface area contributed by atoms with Crippen LogP contribution in [0.3, 0.4) is 0 Å². The molecule has 212 valence electrons. The summed E-state index contributed by atoms with van der Waals surface area (Å²) in [4.78, 5) is 33.0. The van der Waals surface area contributed by atoms with Gasteiger partial charge < -0.3 is 25.3 Å². The second kappa shape index (κ2) is 11.5. The number of pyridine rings is 1. The third-order valence-corrected chi connectivity index (χ3v) is 6.90. The van der Waals surface area contributed by atoms with Crippen LogP contribution in [0.15, 0.2) is 71.3 Å². The molecule has 5 rings (SSSR count). The minimum atomic E-state index is -4.67. The summed E-state index contributed by atoms with van der Waals surface area (Å²) in [5.41, 5.74) is 6.33. The number of fused-ring (bicyclic) bond motifs is 1. The van der Waals surface area contributed by atoms with Crippen LogP contribution in [0.5, 0.6) is 0 Å². The third kappa shape index (κ3) is 6.58. The number of halogens is 3. The summed E-state index contributed by atoms with van der Waals surface area (Å²) >= 11 is 0. The Labute approximate surface area is 234 Å². The minimum absolute atomic E-state index is 0.0995. The van der Waals surface area contributed by atoms with Crippen molar-refractivity contribution >= 4 is 34.7 Å². The molecule has 4 aromatic rings. The van der Waals surface area contributed by atoms with E-state index in [0.29, 0.717) is 41.2 Å². The number of anilines is 1. The quantitative estimate of drug-likeness (QED) is 0.326. The average Bonchev–Trinajstić information content (AvgIpc) is 3.38. The molecule has 2 amide bonds. The molecular formula is C30H28F3N5O3. The van der Waals surface area contributed by atoms with Crippen molar-refractivity contribution in [3.63, 3.8) is 0 Å². The lowest BCUT2D eigenvalue weighted by molar-refractivity contribution is -0.136. The van der Waals surface area contributed by atoms with Crippen molar-refractivity contribution < 1.29 is 27.2 Å². The topological polar surface area (TPSA) is 105 Å². The van der Waals surface area contributed by atoms with Gasteiger partial charge in [0, 0.05) is 49.4 Å². The highest BCUT2D eigenvalue weighted by Gasteiger charge is 2.35. The molecule has 3 heterocycles. The van der Waals surface area contributed by atoms with Gasteiger partial charge in [-0.3, -0.25) is 9.59 Å². The number of carbonyl (C=O) groups is 2. The van der Waals surface area contributed by atoms with E-state index in [1.165, 1.54) is 18.3 Å². The zero-order valence-corrected chi connectivity index (χ0v) is 22.2. The molecular weight excluding hydrogens is 535 g/mol. The first-order chi connectivity index (χ1) is 19.6. The second-order valence-corrected chi connectivity index (χ2v) is 9.89. The molecule has 0 atom stereocenters. The smallest absolute Gasteiger partial charge is 0.420 e. The summed E-state index contributed by atoms with van der Waals surface area (Å²) in [5, 5.41) is 2.86. The van der Waals surface area contributed by atoms with Crippen molar-refractivity contribution in [1.29, 1.82) is 0 Å². The number of nitrogens with one attached hydrogen (secondary N) is 1. The third-order valence-electron chi connectivity index (χ3n) is 6.90. The molecule has 8 nitrogen and oxygen atoms in total. The Kier molecular flexibility index (Phi) is 7.80. The lowest BCUT2D eigenvalue weighted by Gasteiger charge is -2.32. The fourth-order valence-electron chi connectivity index (χ4n) is 4.59. The Morgan fingerprint density at radius 1 is 1.02 bits per heavy atom. The summed E-state index contributed by atoms with van der Waals surface area (Å²) in [6.45, 7) is 2.73. The number of hydrogen-bond acceptors (Lipinski definition) is 6. The molecule has 0 unspecified atom stereocenters. The Bertz CT molecular complexity index is 1590. The monoisotopic (exact) mass is 563 g/mol. The average molecular weight is 564 g/mol. The van der Waals surface area contributed by atoms with Crippen molar-refractivity contribution in [2.45, 2.75) is 12.7 Å². The molecule has 1 aliphatic rings. The summed E-state index contributed by atoms with van der Waals surface area (Å²) in [6.07, 6.45) is -0.334. The lowest BCUT2D eigenvalue weighted by Crippen LogP contribution is -2.47. The van der Waals surface area contributed by atoms with E-state index in [1.807, 2.05) is 7.05 Å². The van der Waals surface area contributed by atoms with Crippen molar-refractivity contribution in [3.8, 4) is 11.1 Å². The number of alkyl halides is 3. The Morgan fingerprint density at radius 3 is 2.41 bits per heavy atom. The maximum atomic E-state index is 14.0. The van der Waals surface area contributed by atoms with Crippen LogP contribution in [-0.2, 0) is 17.5 Å². The molecule has 2 aromatic heterocycles. The lowest BCUT2D eigenvalue weighted by atomic mass is 9.99. The summed E-state index contributed by atoms with van der Waals surface area (Å²) in [7, 11) is 2.00. The standard InChI is InChI=1S/C30H28F3N5O3/c1-37-10-12-38(13-11-37)29(40)21-6-4-20(5-7-21)22-14-23-15-24(41-28(23)25(16-22)30(31,32)33)18-36-27(39)9-3-19-2-8-26(34)35-17-19/h2-9,14-17H,10-13,18H2,1H3,(H2,34,35)(H,36,39)/b9-3+. The molecule has 2 aromatic carbocycles. The van der Waals surface area contributed by atoms with Gasteiger partial charge in [0.25, 0.3) is 5.91 Å². The first kappa shape index (κ1) is 27.9. The molecule has 11 heteroatoms. The van der Waals surface area contributed by atoms with Gasteiger partial charge in [-0.1, -0.05) is 12.1 Å². The number of nitrogens with two attached hydrogens (primary N) is 1. The van der Waals surface area contributed by atoms with Crippen molar-refractivity contribution in [1.82, 2.24) is 20.1 Å². The number of benzene rings is 2. The van der Waals surface area contributed by atoms with Crippen LogP contribution in [0.2, 0.25) is 0 Å². The predicted molar refractivity (Wildman–Crippen MR) is 150 cm³/mol. The molecule has 1 saturated heterocycles. The van der Waals surface area contributed by atoms with Crippen LogP contribution in [0.25, 0.3) is 28.2 Å². The number of piperazine rings is 1. The number of hydrogen-bond donors (Lipinski definition) is 2. The molecule has 41 heavy (non-hydrogen) atoms. The van der Waals surface area contributed by atoms with Gasteiger partial charge in [-0.05, 0) is 72.3 Å². The number of furan rings is 1. The number of rotatable bonds is 6. The number of nitrogens with zero attached hydrogens (tertiary/aromatic N) is 3. The van der Waals surface area contributed by atoms with Crippen molar-refractivity contribution in [2.24, 2.45) is 0 Å². The highest BCUT2D eigenvalue weighted by Crippen LogP contribution is 2.39. The molecule has 0 aliphatic carbocycles. The largest absolute Gasteiger partial charge is 0.459 e. The second-order valence-electron chi connectivity index (χ2n) is 9.89. The first-order valence-corrected chi connectivity index (χ1v) is 13.0. The molecule has 0 saturated carbocycles. The van der Waals surface area contributed by atoms with Gasteiger partial charge in [0.2, 0.25) is 5.91 Å². The maximum Gasteiger partial charge on any atom is 0.420 e. The van der Waals surface area contributed by atoms with E-state index in [2.05, 4.69) is 15.2 Å². The normalized spacial score (nSPS) is 14.6. The number of amides is 2. The zero-order valence-electron chi connectivity index (χ0n) is 22.2. The van der Waals surface area contributed by atoms with E-state index in [9.17, 15) is 22.8 Å². The van der Waals surface area contributed by atoms with Crippen LogP contribution < -0.4 is 11.1 Å². The predicted octanol–water partition coefficient (Wildman–Crippen LogP) is 4.81. The Morgan fingerprint density at radius 2 is 1.76 bits per heavy atom. The molecule has 1 fully saturated rings. The van der Waals surface area contributed by atoms with Crippen LogP contribution >= 0.6 is 0 Å². The van der Waals surface area contributed by atoms with Crippen LogP contribution in [-0.4, -0.2) is 59.8 Å². The van der Waals surface area contributed by atoms with E-state index >= 15 is 0 Å². The van der Waals surface area contributed by atoms with Gasteiger partial charge in [0.05, 0.1) is 12.1 Å². The van der Waals surface area contributed by atoms with E-state index in [4.69, 9.17) is 10.2 Å². The molecule has 3 N–H and O–H groups in total. The molecule has 0 radical (unpaired) electrons. The SMILES string of the molecule is CN1CCN(C(=O)c2ccc(-c3cc(C(F)(F)F)c4oc(CNC(=O)/C=C/c5ccc(N)nc5)cc4c3)cc2)CC1. The molecule has 0 bridgehead atoms. The molecule has 0 spiro atoms. The van der Waals surface area contributed by atoms with Crippen molar-refractivity contribution in [2.75, 3.05) is 39.0 Å². The Hall–Kier alpha value is -4.64. The van der Waals surface area contributed by atoms with Gasteiger partial charge in [-0.15, -0.1) is 0 Å². The minimum Gasteiger partial charge on any atom is -0.459 e. The first-order valence-electron chi connectivity index (χ1n) is 13.0. The fraction of sp³-hybridized carbons (Fsp3) is 0.233. The van der Waals surface area contributed by atoms with Gasteiger partial charge in [0.15, 0.2) is 0 Å². The van der Waals surface area contributed by atoms with E-state index in [1.54, 1.807) is 53.4 Å². The summed E-state index contributed by atoms with van der Waals surface area (Å²) < 4.78 is 47.6. The zero-order chi connectivity index (χ0) is 29.1. The van der Waals surface area contributed by atoms with E-state index in [0.717, 1.165) is 19.2 Å². The van der Waals surface area contributed by atoms with Gasteiger partial charge in [-0.2, -0.15) is 13.2 Å². The van der Waals surface area contributed by atoms with Crippen LogP contribution in [0.1, 0.15) is 27.2 Å². The van der Waals surface area contributed by atoms with E-state index < -0.39 is 17.6 Å². The highest BCUT2D eigenvalue weighted by molar-refractivity contribution is 5.95. The summed E-state index contributed by atoms with van der Waals surface area (Å²) in [6, 6.07) is 14.0. The van der Waals surface area contributed by atoms with Gasteiger partial charge >= 0.3 is 6.18 Å². The van der Waals surface area contributed by atoms with Gasteiger partial charge in [-0.25, -0.2) is 4.98 Å². The molecule has 1 aliphatic heterocycles. The van der Waals surface area contributed by atoms with Crippen molar-refractivity contribution in [3.05, 3.63) is 89.3 Å². The van der Waals surface area contributed by atoms with Crippen LogP contribution in [0, 0.1) is 0 Å². The van der Waals surface area contributed by atoms with E-state index in [-0.39, 0.29) is 29.2 Å².